The molecular formula is C16H20O3. The average Bonchev–Trinajstić information content (AvgIpc) is 2.37. The SMILES string of the molecule is CC1(C)CC=CC2(COCc3ccc(O)cc32)C1O. The van der Waals surface area contributed by atoms with E-state index in [2.05, 4.69) is 26.0 Å². The van der Waals surface area contributed by atoms with E-state index in [0.29, 0.717) is 13.2 Å². The summed E-state index contributed by atoms with van der Waals surface area (Å²) in [5.74, 6) is 0.240. The molecule has 0 saturated heterocycles. The molecule has 1 aromatic rings. The Morgan fingerprint density at radius 2 is 2.11 bits per heavy atom. The van der Waals surface area contributed by atoms with E-state index in [9.17, 15) is 10.2 Å². The number of aliphatic hydroxyl groups is 1. The number of phenolic OH excluding ortho intramolecular Hbond substituents is 1. The number of aliphatic hydroxyl groups excluding tert-OH is 1. The van der Waals surface area contributed by atoms with E-state index in [1.165, 1.54) is 0 Å². The van der Waals surface area contributed by atoms with Crippen molar-refractivity contribution in [2.24, 2.45) is 5.41 Å². The number of phenols is 1. The maximum Gasteiger partial charge on any atom is 0.115 e. The minimum Gasteiger partial charge on any atom is -0.508 e. The molecular weight excluding hydrogens is 240 g/mol. The van der Waals surface area contributed by atoms with Crippen LogP contribution in [0.15, 0.2) is 30.4 Å². The molecule has 0 bridgehead atoms. The van der Waals surface area contributed by atoms with E-state index < -0.39 is 11.5 Å². The largest absolute Gasteiger partial charge is 0.508 e. The van der Waals surface area contributed by atoms with Gasteiger partial charge in [0.1, 0.15) is 5.75 Å². The molecule has 1 spiro atoms. The summed E-state index contributed by atoms with van der Waals surface area (Å²) < 4.78 is 5.70. The molecule has 2 atom stereocenters. The Morgan fingerprint density at radius 3 is 2.89 bits per heavy atom. The van der Waals surface area contributed by atoms with Gasteiger partial charge >= 0.3 is 0 Å². The molecule has 1 heterocycles. The van der Waals surface area contributed by atoms with Gasteiger partial charge in [0.15, 0.2) is 0 Å². The second kappa shape index (κ2) is 4.09. The highest BCUT2D eigenvalue weighted by Crippen LogP contribution is 2.47. The number of hydrogen-bond donors (Lipinski definition) is 2. The zero-order chi connectivity index (χ0) is 13.7. The molecule has 0 radical (unpaired) electrons. The lowest BCUT2D eigenvalue weighted by Gasteiger charge is -2.48. The van der Waals surface area contributed by atoms with Crippen molar-refractivity contribution in [2.75, 3.05) is 6.61 Å². The molecule has 1 aliphatic heterocycles. The van der Waals surface area contributed by atoms with E-state index in [0.717, 1.165) is 17.5 Å². The molecule has 0 aromatic heterocycles. The number of benzene rings is 1. The molecule has 2 N–H and O–H groups in total. The Balaban J connectivity index is 2.19. The van der Waals surface area contributed by atoms with Gasteiger partial charge in [-0.2, -0.15) is 0 Å². The first kappa shape index (κ1) is 12.7. The van der Waals surface area contributed by atoms with Crippen LogP contribution in [0.2, 0.25) is 0 Å². The van der Waals surface area contributed by atoms with Crippen LogP contribution >= 0.6 is 0 Å². The number of rotatable bonds is 0. The Hall–Kier alpha value is -1.32. The van der Waals surface area contributed by atoms with Crippen molar-refractivity contribution in [2.45, 2.75) is 38.4 Å². The zero-order valence-corrected chi connectivity index (χ0v) is 11.4. The summed E-state index contributed by atoms with van der Waals surface area (Å²) in [6.45, 7) is 5.14. The van der Waals surface area contributed by atoms with Crippen LogP contribution in [0.25, 0.3) is 0 Å². The van der Waals surface area contributed by atoms with E-state index in [-0.39, 0.29) is 11.2 Å². The van der Waals surface area contributed by atoms with Crippen LogP contribution < -0.4 is 0 Å². The summed E-state index contributed by atoms with van der Waals surface area (Å²) in [5, 5.41) is 20.6. The van der Waals surface area contributed by atoms with E-state index >= 15 is 0 Å². The second-order valence-electron chi connectivity index (χ2n) is 6.37. The molecule has 2 unspecified atom stereocenters. The van der Waals surface area contributed by atoms with Crippen LogP contribution in [-0.4, -0.2) is 22.9 Å². The number of hydrogen-bond acceptors (Lipinski definition) is 3. The van der Waals surface area contributed by atoms with Gasteiger partial charge in [-0.3, -0.25) is 0 Å². The molecule has 3 rings (SSSR count). The van der Waals surface area contributed by atoms with E-state index in [1.54, 1.807) is 12.1 Å². The highest BCUT2D eigenvalue weighted by Gasteiger charge is 2.49. The molecule has 3 nitrogen and oxygen atoms in total. The first-order chi connectivity index (χ1) is 8.96. The monoisotopic (exact) mass is 260 g/mol. The molecule has 1 aromatic carbocycles. The van der Waals surface area contributed by atoms with Gasteiger partial charge in [0.2, 0.25) is 0 Å². The smallest absolute Gasteiger partial charge is 0.115 e. The van der Waals surface area contributed by atoms with Crippen molar-refractivity contribution in [1.29, 1.82) is 0 Å². The topological polar surface area (TPSA) is 49.7 Å². The number of allylic oxidation sites excluding steroid dienone is 1. The average molecular weight is 260 g/mol. The molecule has 3 heteroatoms. The van der Waals surface area contributed by atoms with Crippen molar-refractivity contribution in [3.05, 3.63) is 41.5 Å². The maximum absolute atomic E-state index is 10.8. The van der Waals surface area contributed by atoms with Crippen LogP contribution in [0, 0.1) is 5.41 Å². The Morgan fingerprint density at radius 1 is 1.32 bits per heavy atom. The lowest BCUT2D eigenvalue weighted by molar-refractivity contribution is -0.0550. The van der Waals surface area contributed by atoms with Crippen LogP contribution in [0.5, 0.6) is 5.75 Å². The molecule has 1 aliphatic carbocycles. The summed E-state index contributed by atoms with van der Waals surface area (Å²) in [6.07, 6.45) is 4.51. The Bertz CT molecular complexity index is 533. The van der Waals surface area contributed by atoms with Crippen molar-refractivity contribution in [1.82, 2.24) is 0 Å². The van der Waals surface area contributed by atoms with Gasteiger partial charge in [0.05, 0.1) is 24.7 Å². The van der Waals surface area contributed by atoms with Gasteiger partial charge in [-0.1, -0.05) is 32.1 Å². The van der Waals surface area contributed by atoms with Crippen molar-refractivity contribution in [3.63, 3.8) is 0 Å². The van der Waals surface area contributed by atoms with Crippen LogP contribution in [0.1, 0.15) is 31.4 Å². The molecule has 19 heavy (non-hydrogen) atoms. The highest BCUT2D eigenvalue weighted by atomic mass is 16.5. The lowest BCUT2D eigenvalue weighted by Crippen LogP contribution is -2.53. The fraction of sp³-hybridized carbons (Fsp3) is 0.500. The summed E-state index contributed by atoms with van der Waals surface area (Å²) in [4.78, 5) is 0. The van der Waals surface area contributed by atoms with Gasteiger partial charge in [0.25, 0.3) is 0 Å². The second-order valence-corrected chi connectivity index (χ2v) is 6.37. The van der Waals surface area contributed by atoms with Gasteiger partial charge in [0, 0.05) is 0 Å². The third-order valence-corrected chi connectivity index (χ3v) is 4.48. The van der Waals surface area contributed by atoms with Crippen LogP contribution in [0.4, 0.5) is 0 Å². The normalized spacial score (nSPS) is 32.3. The fourth-order valence-corrected chi connectivity index (χ4v) is 3.37. The van der Waals surface area contributed by atoms with Gasteiger partial charge in [-0.25, -0.2) is 0 Å². The van der Waals surface area contributed by atoms with Gasteiger partial charge in [-0.05, 0) is 35.1 Å². The fourth-order valence-electron chi connectivity index (χ4n) is 3.37. The quantitative estimate of drug-likeness (QED) is 0.705. The lowest BCUT2D eigenvalue weighted by atomic mass is 9.61. The minimum atomic E-state index is -0.534. The molecule has 2 aliphatic rings. The summed E-state index contributed by atoms with van der Waals surface area (Å²) in [5.41, 5.74) is 1.31. The number of ether oxygens (including phenoxy) is 1. The summed E-state index contributed by atoms with van der Waals surface area (Å²) in [6, 6.07) is 5.33. The predicted octanol–water partition coefficient (Wildman–Crippen LogP) is 2.51. The summed E-state index contributed by atoms with van der Waals surface area (Å²) >= 11 is 0. The third-order valence-electron chi connectivity index (χ3n) is 4.48. The summed E-state index contributed by atoms with van der Waals surface area (Å²) in [7, 11) is 0. The van der Waals surface area contributed by atoms with Crippen molar-refractivity contribution in [3.8, 4) is 5.75 Å². The van der Waals surface area contributed by atoms with Gasteiger partial charge < -0.3 is 14.9 Å². The van der Waals surface area contributed by atoms with Crippen LogP contribution in [-0.2, 0) is 16.8 Å². The first-order valence-electron chi connectivity index (χ1n) is 6.72. The molecule has 0 saturated carbocycles. The zero-order valence-electron chi connectivity index (χ0n) is 11.4. The first-order valence-corrected chi connectivity index (χ1v) is 6.72. The minimum absolute atomic E-state index is 0.196. The third kappa shape index (κ3) is 1.80. The Labute approximate surface area is 113 Å². The van der Waals surface area contributed by atoms with Crippen molar-refractivity contribution >= 4 is 0 Å². The number of aromatic hydroxyl groups is 1. The highest BCUT2D eigenvalue weighted by molar-refractivity contribution is 5.46. The van der Waals surface area contributed by atoms with E-state index in [1.807, 2.05) is 6.07 Å². The molecule has 0 amide bonds. The molecule has 102 valence electrons. The molecule has 0 fully saturated rings. The predicted molar refractivity (Wildman–Crippen MR) is 73.0 cm³/mol. The number of fused-ring (bicyclic) bond motifs is 2. The van der Waals surface area contributed by atoms with E-state index in [4.69, 9.17) is 4.74 Å². The van der Waals surface area contributed by atoms with Gasteiger partial charge in [-0.15, -0.1) is 0 Å². The van der Waals surface area contributed by atoms with Crippen molar-refractivity contribution < 1.29 is 14.9 Å². The standard InChI is InChI=1S/C16H20O3/c1-15(2)6-3-7-16(14(15)18)10-19-9-11-4-5-12(17)8-13(11)16/h3-5,7-8,14,17-18H,6,9-10H2,1-2H3. The van der Waals surface area contributed by atoms with Crippen LogP contribution in [0.3, 0.4) is 0 Å². The Kier molecular flexibility index (Phi) is 2.73. The maximum atomic E-state index is 10.8.